The zero-order valence-corrected chi connectivity index (χ0v) is 74.8. The smallest absolute Gasteiger partial charge is 0.463 e. The molecule has 2 saturated heterocycles. The van der Waals surface area contributed by atoms with E-state index >= 15 is 0 Å². The summed E-state index contributed by atoms with van der Waals surface area (Å²) in [6.45, 7) is 7.89. The summed E-state index contributed by atoms with van der Waals surface area (Å²) in [6.07, 6.45) is 28.9. The van der Waals surface area contributed by atoms with Gasteiger partial charge in [0.15, 0.2) is 24.8 Å². The predicted molar refractivity (Wildman–Crippen MR) is 458 cm³/mol. The van der Waals surface area contributed by atoms with Gasteiger partial charge in [0.05, 0.1) is 13.2 Å². The minimum atomic E-state index is -5.81. The molecule has 3 rings (SSSR count). The van der Waals surface area contributed by atoms with Gasteiger partial charge in [-0.05, 0) is 83.0 Å². The Morgan fingerprint density at radius 2 is 0.686 bits per heavy atom. The van der Waals surface area contributed by atoms with E-state index in [4.69, 9.17) is 46.9 Å². The van der Waals surface area contributed by atoms with Crippen LogP contribution in [0.3, 0.4) is 0 Å². The molecule has 1 aliphatic carbocycles. The average molecular weight is 1710 g/mol. The van der Waals surface area contributed by atoms with Crippen molar-refractivity contribution in [1.82, 2.24) is 0 Å². The number of hydrogen-bond acceptors (Lipinski definition) is 24. The zero-order chi connectivity index (χ0) is 86.2. The van der Waals surface area contributed by atoms with E-state index in [-0.39, 0.29) is 25.7 Å². The van der Waals surface area contributed by atoms with Crippen molar-refractivity contribution in [1.29, 1.82) is 0 Å². The second-order valence-corrected chi connectivity index (χ2v) is 35.6. The molecule has 0 aromatic rings. The molecule has 1 saturated carbocycles. The zero-order valence-electron chi connectivity index (χ0n) is 73.9. The van der Waals surface area contributed by atoms with Gasteiger partial charge < -0.3 is 88.7 Å². The fourth-order valence-corrected chi connectivity index (χ4v) is 16.6. The summed E-state index contributed by atoms with van der Waals surface area (Å²) in [5.41, 5.74) is 0. The lowest BCUT2D eigenvalue weighted by molar-refractivity contribution is -0.360. The van der Waals surface area contributed by atoms with Crippen LogP contribution in [-0.4, -0.2) is 205 Å². The highest BCUT2D eigenvalue weighted by Crippen LogP contribution is 2.49. The molecule has 0 amide bonds. The third-order valence-electron chi connectivity index (χ3n) is 23.3. The predicted octanol–water partition coefficient (Wildman–Crippen LogP) is 17.6. The van der Waals surface area contributed by atoms with E-state index in [1.807, 2.05) is 0 Å². The minimum absolute atomic E-state index is 0.0140. The highest BCUT2D eigenvalue weighted by Gasteiger charge is 2.60. The molecular formula is C92H169O25P. The first-order valence-corrected chi connectivity index (χ1v) is 49.0. The summed E-state index contributed by atoms with van der Waals surface area (Å²) < 4.78 is 73.5. The number of carbonyl (C=O) groups is 4. The van der Waals surface area contributed by atoms with Crippen molar-refractivity contribution in [2.75, 3.05) is 26.4 Å². The van der Waals surface area contributed by atoms with E-state index in [2.05, 4.69) is 58.9 Å². The Hall–Kier alpha value is -3.05. The van der Waals surface area contributed by atoms with Crippen LogP contribution in [0.25, 0.3) is 0 Å². The minimum Gasteiger partial charge on any atom is -0.463 e. The second kappa shape index (κ2) is 70.2. The number of ether oxygens (including phenoxy) is 8. The number of esters is 4. The molecule has 19 atom stereocenters. The van der Waals surface area contributed by atoms with E-state index in [9.17, 15) is 74.6 Å². The van der Waals surface area contributed by atoms with Gasteiger partial charge in [0.25, 0.3) is 0 Å². The Morgan fingerprint density at radius 3 is 1.11 bits per heavy atom. The monoisotopic (exact) mass is 1710 g/mol. The summed E-state index contributed by atoms with van der Waals surface area (Å²) >= 11 is 0. The van der Waals surface area contributed by atoms with Gasteiger partial charge in [-0.15, -0.1) is 0 Å². The Labute approximate surface area is 711 Å². The van der Waals surface area contributed by atoms with Crippen molar-refractivity contribution < 1.29 is 122 Å². The molecule has 10 N–H and O–H groups in total. The van der Waals surface area contributed by atoms with E-state index in [0.29, 0.717) is 38.0 Å². The maximum atomic E-state index is 14.9. The van der Waals surface area contributed by atoms with E-state index in [1.54, 1.807) is 0 Å². The third-order valence-corrected chi connectivity index (χ3v) is 24.3. The van der Waals surface area contributed by atoms with Crippen LogP contribution < -0.4 is 0 Å². The number of phosphoric ester groups is 1. The van der Waals surface area contributed by atoms with Gasteiger partial charge in [-0.2, -0.15) is 0 Å². The number of hydrogen-bond donors (Lipinski definition) is 10. The average Bonchev–Trinajstić information content (AvgIpc) is 0.753. The normalized spacial score (nSPS) is 25.3. The Bertz CT molecular complexity index is 2570. The van der Waals surface area contributed by atoms with Crippen LogP contribution >= 0.6 is 7.82 Å². The summed E-state index contributed by atoms with van der Waals surface area (Å²) in [4.78, 5) is 66.5. The lowest BCUT2D eigenvalue weighted by Gasteiger charge is -2.50. The first-order valence-electron chi connectivity index (χ1n) is 47.5. The fourth-order valence-electron chi connectivity index (χ4n) is 15.7. The molecule has 2 aliphatic heterocycles. The number of unbranched alkanes of at least 4 members (excludes halogenated alkanes) is 44. The molecule has 0 spiro atoms. The second-order valence-electron chi connectivity index (χ2n) is 34.1. The lowest BCUT2D eigenvalue weighted by atomic mass is 9.84. The van der Waals surface area contributed by atoms with Gasteiger partial charge >= 0.3 is 31.7 Å². The summed E-state index contributed by atoms with van der Waals surface area (Å²) in [7, 11) is -5.81. The van der Waals surface area contributed by atoms with Crippen molar-refractivity contribution >= 4 is 31.7 Å². The largest absolute Gasteiger partial charge is 0.472 e. The summed E-state index contributed by atoms with van der Waals surface area (Å²) in [5, 5.41) is 102. The maximum Gasteiger partial charge on any atom is 0.472 e. The summed E-state index contributed by atoms with van der Waals surface area (Å²) in [5.74, 6) is -2.32. The SMILES string of the molecule is CCCCCC/C=C\CCCCCCCCCC(=O)OC1C(O)C(O)C(OC2OC(CO)C(O)C(O)C2O)C(OP(=O)(O)OCC(COC(=O)CCCCC/C=C\CCCCCCCC)OC(=O)CCCCCCCCC(C)CCCCCCCC)C1OC1OC(COC(=O)CCCCCCCCCCCCCCCCC)C(O)C(O)C1O. The van der Waals surface area contributed by atoms with Crippen molar-refractivity contribution in [2.45, 2.75) is 505 Å². The van der Waals surface area contributed by atoms with Gasteiger partial charge in [-0.25, -0.2) is 4.57 Å². The van der Waals surface area contributed by atoms with E-state index < -0.39 is 162 Å². The van der Waals surface area contributed by atoms with Crippen molar-refractivity contribution in [3.63, 3.8) is 0 Å². The molecule has 26 heteroatoms. The number of aliphatic hydroxyl groups is 9. The van der Waals surface area contributed by atoms with Crippen molar-refractivity contribution in [2.24, 2.45) is 5.92 Å². The topological polar surface area (TPSA) is 380 Å². The van der Waals surface area contributed by atoms with Gasteiger partial charge in [-0.3, -0.25) is 28.2 Å². The molecular weight excluding hydrogens is 1540 g/mol. The number of phosphoric acid groups is 1. The molecule has 0 aromatic carbocycles. The van der Waals surface area contributed by atoms with Crippen LogP contribution in [0.5, 0.6) is 0 Å². The molecule has 2 heterocycles. The Kier molecular flexibility index (Phi) is 64.9. The molecule has 3 fully saturated rings. The third kappa shape index (κ3) is 50.2. The Balaban J connectivity index is 1.93. The lowest BCUT2D eigenvalue weighted by Crippen LogP contribution is -2.70. The molecule has 0 bridgehead atoms. The van der Waals surface area contributed by atoms with Gasteiger partial charge in [0.1, 0.15) is 92.6 Å². The van der Waals surface area contributed by atoms with Gasteiger partial charge in [0.2, 0.25) is 0 Å². The van der Waals surface area contributed by atoms with Crippen LogP contribution in [-0.2, 0) is 70.7 Å². The number of aliphatic hydroxyl groups excluding tert-OH is 9. The quantitative estimate of drug-likeness (QED) is 0.00889. The van der Waals surface area contributed by atoms with E-state index in [1.165, 1.54) is 167 Å². The van der Waals surface area contributed by atoms with E-state index in [0.717, 1.165) is 141 Å². The number of rotatable bonds is 76. The van der Waals surface area contributed by atoms with Crippen LogP contribution in [0.4, 0.5) is 0 Å². The molecule has 19 unspecified atom stereocenters. The van der Waals surface area contributed by atoms with Crippen LogP contribution in [0.1, 0.15) is 401 Å². The van der Waals surface area contributed by atoms with Gasteiger partial charge in [-0.1, -0.05) is 322 Å². The van der Waals surface area contributed by atoms with Crippen LogP contribution in [0.15, 0.2) is 24.3 Å². The van der Waals surface area contributed by atoms with Crippen LogP contribution in [0.2, 0.25) is 0 Å². The standard InChI is InChI=1S/C92H169O25P/c1-6-10-14-18-22-25-28-31-33-36-39-42-45-52-58-64-76(95)109-70-74-80(99)82(101)86(105)92(113-74)116-89-87(114-78(97)66-60-53-46-43-40-37-34-32-29-26-23-19-15-11-7-2)83(102)84(103)88(115-91-85(104)81(100)79(98)73(67-93)112-91)90(89)117-118(106,107)110-69-72(68-108-75(94)63-57-51-44-41-38-35-30-27-24-20-16-12-8-3)111-77(96)65-59-54-48-47-50-56-62-71(5)61-55-49-21-17-13-9-4/h26,29,35,38,71-74,79-93,98-105H,6-25,27-28,30-34,36-37,39-70H2,1-5H3,(H,106,107)/b29-26-,38-35-. The first kappa shape index (κ1) is 109. The number of allylic oxidation sites excluding steroid dienone is 4. The Morgan fingerprint density at radius 1 is 0.356 bits per heavy atom. The fraction of sp³-hybridized carbons (Fsp3) is 0.913. The highest BCUT2D eigenvalue weighted by molar-refractivity contribution is 7.47. The maximum absolute atomic E-state index is 14.9. The molecule has 3 aliphatic rings. The molecule has 25 nitrogen and oxygen atoms in total. The molecule has 0 radical (unpaired) electrons. The van der Waals surface area contributed by atoms with Crippen LogP contribution in [0, 0.1) is 5.92 Å². The molecule has 118 heavy (non-hydrogen) atoms. The molecule has 0 aromatic heterocycles. The first-order chi connectivity index (χ1) is 57.1. The highest BCUT2D eigenvalue weighted by atomic mass is 31.2. The molecule has 692 valence electrons. The number of carbonyl (C=O) groups excluding carboxylic acids is 4. The summed E-state index contributed by atoms with van der Waals surface area (Å²) in [6, 6.07) is 0. The van der Waals surface area contributed by atoms with Crippen molar-refractivity contribution in [3.8, 4) is 0 Å². The van der Waals surface area contributed by atoms with Gasteiger partial charge in [0, 0.05) is 25.7 Å². The van der Waals surface area contributed by atoms with Crippen molar-refractivity contribution in [3.05, 3.63) is 24.3 Å².